The molecule has 3 aromatic rings. The largest absolute Gasteiger partial charge is 0.433 e. The van der Waals surface area contributed by atoms with Gasteiger partial charge < -0.3 is 14.8 Å². The number of nitriles is 1. The van der Waals surface area contributed by atoms with Crippen molar-refractivity contribution in [2.75, 3.05) is 5.32 Å². The van der Waals surface area contributed by atoms with Crippen LogP contribution in [0, 0.1) is 11.3 Å². The Balaban J connectivity index is 1.45. The molecule has 1 aliphatic rings. The first-order chi connectivity index (χ1) is 16.9. The number of rotatable bonds is 7. The SMILES string of the molecule is CC(C#N)(NC(=O)C1(OC(=O)Nc2ccc3ccccc3c2)CCCCC1)OCc1ccccc1. The standard InChI is InChI=1S/C28H29N3O4/c1-27(20-29,34-19-21-10-4-2-5-11-21)31-25(32)28(16-8-3-9-17-28)35-26(33)30-24-15-14-22-12-6-7-13-23(22)18-24/h2,4-7,10-15,18H,3,8-9,16-17,19H2,1H3,(H,30,33)(H,31,32). The number of hydrogen-bond acceptors (Lipinski definition) is 5. The topological polar surface area (TPSA) is 100 Å². The van der Waals surface area contributed by atoms with Crippen molar-refractivity contribution in [3.05, 3.63) is 78.4 Å². The van der Waals surface area contributed by atoms with E-state index in [1.54, 1.807) is 6.07 Å². The Morgan fingerprint density at radius 3 is 2.37 bits per heavy atom. The molecule has 7 nitrogen and oxygen atoms in total. The van der Waals surface area contributed by atoms with Gasteiger partial charge in [-0.3, -0.25) is 10.1 Å². The Hall–Kier alpha value is -3.89. The summed E-state index contributed by atoms with van der Waals surface area (Å²) in [5.41, 5.74) is -1.49. The maximum Gasteiger partial charge on any atom is 0.412 e. The summed E-state index contributed by atoms with van der Waals surface area (Å²) >= 11 is 0. The van der Waals surface area contributed by atoms with Gasteiger partial charge in [-0.1, -0.05) is 67.1 Å². The third-order valence-electron chi connectivity index (χ3n) is 6.29. The van der Waals surface area contributed by atoms with Gasteiger partial charge in [0.25, 0.3) is 5.91 Å². The number of carbonyl (C=O) groups is 2. The molecule has 1 unspecified atom stereocenters. The quantitative estimate of drug-likeness (QED) is 0.433. The Kier molecular flexibility index (Phi) is 7.33. The number of hydrogen-bond donors (Lipinski definition) is 2. The number of carbonyl (C=O) groups excluding carboxylic acids is 2. The molecule has 2 N–H and O–H groups in total. The molecular weight excluding hydrogens is 442 g/mol. The summed E-state index contributed by atoms with van der Waals surface area (Å²) in [5, 5.41) is 17.2. The zero-order chi connectivity index (χ0) is 24.7. The van der Waals surface area contributed by atoms with Crippen LogP contribution in [0.1, 0.15) is 44.6 Å². The molecule has 2 amide bonds. The van der Waals surface area contributed by atoms with Crippen LogP contribution in [0.5, 0.6) is 0 Å². The molecule has 0 bridgehead atoms. The first-order valence-electron chi connectivity index (χ1n) is 11.8. The monoisotopic (exact) mass is 471 g/mol. The zero-order valence-corrected chi connectivity index (χ0v) is 19.8. The lowest BCUT2D eigenvalue weighted by Crippen LogP contribution is -2.58. The Morgan fingerprint density at radius 1 is 0.971 bits per heavy atom. The summed E-state index contributed by atoms with van der Waals surface area (Å²) in [6.07, 6.45) is 2.48. The van der Waals surface area contributed by atoms with Crippen LogP contribution >= 0.6 is 0 Å². The van der Waals surface area contributed by atoms with Gasteiger partial charge >= 0.3 is 6.09 Å². The molecular formula is C28H29N3O4. The van der Waals surface area contributed by atoms with Crippen LogP contribution in [-0.4, -0.2) is 23.3 Å². The highest BCUT2D eigenvalue weighted by Crippen LogP contribution is 2.33. The van der Waals surface area contributed by atoms with Crippen molar-refractivity contribution < 1.29 is 19.1 Å². The highest BCUT2D eigenvalue weighted by atomic mass is 16.6. The van der Waals surface area contributed by atoms with Gasteiger partial charge in [-0.2, -0.15) is 5.26 Å². The number of nitrogens with zero attached hydrogens (tertiary/aromatic N) is 1. The molecule has 3 aromatic carbocycles. The van der Waals surface area contributed by atoms with Gasteiger partial charge in [0.1, 0.15) is 6.07 Å². The fraction of sp³-hybridized carbons (Fsp3) is 0.321. The summed E-state index contributed by atoms with van der Waals surface area (Å²) in [6, 6.07) is 24.8. The van der Waals surface area contributed by atoms with Crippen LogP contribution in [0.4, 0.5) is 10.5 Å². The average Bonchev–Trinajstić information content (AvgIpc) is 2.88. The summed E-state index contributed by atoms with van der Waals surface area (Å²) in [7, 11) is 0. The van der Waals surface area contributed by atoms with Crippen molar-refractivity contribution in [1.82, 2.24) is 5.32 Å². The second-order valence-electron chi connectivity index (χ2n) is 9.00. The number of ether oxygens (including phenoxy) is 2. The average molecular weight is 472 g/mol. The summed E-state index contributed by atoms with van der Waals surface area (Å²) in [4.78, 5) is 26.3. The van der Waals surface area contributed by atoms with Crippen molar-refractivity contribution >= 4 is 28.5 Å². The van der Waals surface area contributed by atoms with Gasteiger partial charge in [-0.25, -0.2) is 4.79 Å². The van der Waals surface area contributed by atoms with Crippen molar-refractivity contribution in [2.24, 2.45) is 0 Å². The first kappa shape index (κ1) is 24.2. The highest BCUT2D eigenvalue weighted by molar-refractivity contribution is 5.94. The lowest BCUT2D eigenvalue weighted by molar-refractivity contribution is -0.150. The second-order valence-corrected chi connectivity index (χ2v) is 9.00. The first-order valence-corrected chi connectivity index (χ1v) is 11.8. The number of amides is 2. The molecule has 1 atom stereocenters. The Morgan fingerprint density at radius 2 is 1.66 bits per heavy atom. The summed E-state index contributed by atoms with van der Waals surface area (Å²) < 4.78 is 11.5. The number of anilines is 1. The number of fused-ring (bicyclic) bond motifs is 1. The van der Waals surface area contributed by atoms with Crippen LogP contribution < -0.4 is 10.6 Å². The molecule has 4 rings (SSSR count). The fourth-order valence-corrected chi connectivity index (χ4v) is 4.32. The minimum absolute atomic E-state index is 0.154. The third kappa shape index (κ3) is 5.97. The molecule has 0 aliphatic heterocycles. The Bertz CT molecular complexity index is 1230. The summed E-state index contributed by atoms with van der Waals surface area (Å²) in [5.74, 6) is -0.525. The molecule has 1 saturated carbocycles. The van der Waals surface area contributed by atoms with Crippen LogP contribution in [0.15, 0.2) is 72.8 Å². The molecule has 0 aromatic heterocycles. The van der Waals surface area contributed by atoms with Crippen LogP contribution in [0.3, 0.4) is 0 Å². The fourth-order valence-electron chi connectivity index (χ4n) is 4.32. The molecule has 1 aliphatic carbocycles. The van der Waals surface area contributed by atoms with Crippen molar-refractivity contribution in [3.63, 3.8) is 0 Å². The maximum atomic E-state index is 13.4. The maximum absolute atomic E-state index is 13.4. The molecule has 0 saturated heterocycles. The van der Waals surface area contributed by atoms with Crippen molar-refractivity contribution in [3.8, 4) is 6.07 Å². The minimum Gasteiger partial charge on any atom is -0.433 e. The Labute approximate surface area is 205 Å². The summed E-state index contributed by atoms with van der Waals surface area (Å²) in [6.45, 7) is 1.65. The highest BCUT2D eigenvalue weighted by Gasteiger charge is 2.46. The van der Waals surface area contributed by atoms with Gasteiger partial charge in [-0.15, -0.1) is 0 Å². The number of benzene rings is 3. The molecule has 35 heavy (non-hydrogen) atoms. The van der Waals surface area contributed by atoms with Gasteiger partial charge in [0.15, 0.2) is 5.60 Å². The van der Waals surface area contributed by atoms with E-state index in [1.165, 1.54) is 6.92 Å². The van der Waals surface area contributed by atoms with E-state index < -0.39 is 23.3 Å². The van der Waals surface area contributed by atoms with Crippen LogP contribution in [0.25, 0.3) is 10.8 Å². The molecule has 1 fully saturated rings. The van der Waals surface area contributed by atoms with Gasteiger partial charge in [0.2, 0.25) is 5.72 Å². The van der Waals surface area contributed by atoms with E-state index in [0.717, 1.165) is 35.6 Å². The van der Waals surface area contributed by atoms with E-state index in [-0.39, 0.29) is 6.61 Å². The number of nitrogens with one attached hydrogen (secondary N) is 2. The zero-order valence-electron chi connectivity index (χ0n) is 19.8. The lowest BCUT2D eigenvalue weighted by atomic mass is 9.83. The predicted octanol–water partition coefficient (Wildman–Crippen LogP) is 5.66. The molecule has 7 heteroatoms. The molecule has 0 radical (unpaired) electrons. The normalized spacial score (nSPS) is 16.5. The van der Waals surface area contributed by atoms with Crippen LogP contribution in [0.2, 0.25) is 0 Å². The minimum atomic E-state index is -1.57. The van der Waals surface area contributed by atoms with Crippen LogP contribution in [-0.2, 0) is 20.9 Å². The van der Waals surface area contributed by atoms with Gasteiger partial charge in [0.05, 0.1) is 6.61 Å². The van der Waals surface area contributed by atoms with E-state index in [4.69, 9.17) is 9.47 Å². The van der Waals surface area contributed by atoms with E-state index >= 15 is 0 Å². The van der Waals surface area contributed by atoms with E-state index in [9.17, 15) is 14.9 Å². The van der Waals surface area contributed by atoms with E-state index in [2.05, 4.69) is 10.6 Å². The third-order valence-corrected chi connectivity index (χ3v) is 6.29. The molecule has 0 heterocycles. The van der Waals surface area contributed by atoms with Crippen molar-refractivity contribution in [1.29, 1.82) is 5.26 Å². The van der Waals surface area contributed by atoms with Gasteiger partial charge in [0, 0.05) is 5.69 Å². The van der Waals surface area contributed by atoms with Gasteiger partial charge in [-0.05, 0) is 61.1 Å². The predicted molar refractivity (Wildman–Crippen MR) is 133 cm³/mol. The lowest BCUT2D eigenvalue weighted by Gasteiger charge is -2.37. The van der Waals surface area contributed by atoms with E-state index in [0.29, 0.717) is 18.5 Å². The molecule has 0 spiro atoms. The second kappa shape index (κ2) is 10.6. The van der Waals surface area contributed by atoms with Crippen molar-refractivity contribution in [2.45, 2.75) is 57.0 Å². The molecule has 180 valence electrons. The smallest absolute Gasteiger partial charge is 0.412 e. The van der Waals surface area contributed by atoms with E-state index in [1.807, 2.05) is 72.8 Å².